The number of aromatic nitrogens is 2. The van der Waals surface area contributed by atoms with Crippen LogP contribution in [0.5, 0.6) is 0 Å². The molecular weight excluding hydrogens is 611 g/mol. The molecule has 16 heteroatoms. The molecule has 2 N–H and O–H groups in total. The zero-order valence-corrected chi connectivity index (χ0v) is 22.6. The van der Waals surface area contributed by atoms with Gasteiger partial charge in [0.05, 0.1) is 22.1 Å². The molecule has 0 amide bonds. The zero-order chi connectivity index (χ0) is 29.3. The van der Waals surface area contributed by atoms with E-state index in [1.54, 1.807) is 0 Å². The highest BCUT2D eigenvalue weighted by Gasteiger charge is 2.28. The summed E-state index contributed by atoms with van der Waals surface area (Å²) in [6, 6.07) is 9.59. The molecule has 0 spiro atoms. The lowest BCUT2D eigenvalue weighted by atomic mass is 10.0. The minimum atomic E-state index is -4.84. The highest BCUT2D eigenvalue weighted by atomic mass is 35.5. The summed E-state index contributed by atoms with van der Waals surface area (Å²) in [5.41, 5.74) is -2.42. The van der Waals surface area contributed by atoms with Crippen molar-refractivity contribution in [3.8, 4) is 0 Å². The Labute approximate surface area is 234 Å². The second-order valence-electron chi connectivity index (χ2n) is 8.50. The molecular formula is C24H12Cl2N2O10S2. The van der Waals surface area contributed by atoms with E-state index in [-0.39, 0.29) is 53.7 Å². The van der Waals surface area contributed by atoms with E-state index in [9.17, 15) is 45.7 Å². The van der Waals surface area contributed by atoms with Gasteiger partial charge in [0.2, 0.25) is 17.0 Å². The topological polar surface area (TPSA) is 187 Å². The van der Waals surface area contributed by atoms with Gasteiger partial charge in [-0.3, -0.25) is 42.2 Å². The van der Waals surface area contributed by atoms with Crippen LogP contribution < -0.4 is 10.9 Å². The number of carbonyl (C=O) groups is 3. The molecule has 0 bridgehead atoms. The van der Waals surface area contributed by atoms with E-state index in [0.717, 1.165) is 16.7 Å². The summed E-state index contributed by atoms with van der Waals surface area (Å²) in [6.07, 6.45) is 0. The number of benzene rings is 3. The van der Waals surface area contributed by atoms with Gasteiger partial charge in [-0.15, -0.1) is 0 Å². The van der Waals surface area contributed by atoms with Crippen molar-refractivity contribution in [2.75, 3.05) is 5.75 Å². The first-order valence-corrected chi connectivity index (χ1v) is 14.3. The Hall–Kier alpha value is -3.79. The van der Waals surface area contributed by atoms with Crippen LogP contribution in [0.15, 0.2) is 58.1 Å². The molecule has 2 heterocycles. The molecule has 0 aliphatic rings. The third-order valence-electron chi connectivity index (χ3n) is 6.07. The van der Waals surface area contributed by atoms with Gasteiger partial charge in [0.15, 0.2) is 16.6 Å². The third kappa shape index (κ3) is 4.54. The standard InChI is InChI=1S/C24H12Cl2N2O10S2/c25-10-1-3-12-16(5-10)27(20(29)9-40(36,37)38)18-7-15-19(8-14(18)21(12)30)28(23(32)24(33)39(34)35)17-6-11(26)2-4-13(17)22(15)31/h1-8H,9H2,(H,34,35)(H,36,37,38). The second kappa shape index (κ2) is 9.69. The van der Waals surface area contributed by atoms with Crippen LogP contribution in [0.3, 0.4) is 0 Å². The summed E-state index contributed by atoms with van der Waals surface area (Å²) < 4.78 is 54.6. The molecule has 0 saturated heterocycles. The van der Waals surface area contributed by atoms with Crippen molar-refractivity contribution in [3.05, 3.63) is 79.0 Å². The average molecular weight is 623 g/mol. The largest absolute Gasteiger partial charge is 0.334 e. The van der Waals surface area contributed by atoms with Crippen LogP contribution in [0.1, 0.15) is 9.59 Å². The van der Waals surface area contributed by atoms with Crippen LogP contribution in [-0.4, -0.2) is 53.5 Å². The number of fused-ring (bicyclic) bond motifs is 4. The lowest BCUT2D eigenvalue weighted by Gasteiger charge is -2.17. The van der Waals surface area contributed by atoms with Crippen LogP contribution in [0, 0.1) is 0 Å². The normalized spacial score (nSPS) is 12.8. The van der Waals surface area contributed by atoms with E-state index in [1.165, 1.54) is 36.4 Å². The highest BCUT2D eigenvalue weighted by Crippen LogP contribution is 2.28. The van der Waals surface area contributed by atoms with Gasteiger partial charge in [-0.1, -0.05) is 23.2 Å². The summed E-state index contributed by atoms with van der Waals surface area (Å²) >= 11 is 8.89. The van der Waals surface area contributed by atoms with Gasteiger partial charge in [-0.25, -0.2) is 4.21 Å². The van der Waals surface area contributed by atoms with Gasteiger partial charge in [0.25, 0.3) is 10.1 Å². The smallest absolute Gasteiger partial charge is 0.300 e. The van der Waals surface area contributed by atoms with Crippen LogP contribution >= 0.6 is 23.2 Å². The number of hydrogen-bond acceptors (Lipinski definition) is 8. The monoisotopic (exact) mass is 622 g/mol. The molecule has 5 rings (SSSR count). The van der Waals surface area contributed by atoms with Crippen LogP contribution in [0.4, 0.5) is 0 Å². The van der Waals surface area contributed by atoms with Gasteiger partial charge in [-0.05, 0) is 48.5 Å². The molecule has 0 aliphatic heterocycles. The Morgan fingerprint density at radius 3 is 1.62 bits per heavy atom. The Morgan fingerprint density at radius 1 is 0.750 bits per heavy atom. The molecule has 3 aromatic carbocycles. The first kappa shape index (κ1) is 27.8. The highest BCUT2D eigenvalue weighted by molar-refractivity contribution is 7.97. The third-order valence-corrected chi connectivity index (χ3v) is 7.64. The summed E-state index contributed by atoms with van der Waals surface area (Å²) in [6.45, 7) is 0. The molecule has 2 aromatic heterocycles. The quantitative estimate of drug-likeness (QED) is 0.128. The maximum absolute atomic E-state index is 13.5. The lowest BCUT2D eigenvalue weighted by molar-refractivity contribution is -0.108. The van der Waals surface area contributed by atoms with E-state index in [0.29, 0.717) is 4.57 Å². The number of pyridine rings is 2. The Kier molecular flexibility index (Phi) is 6.73. The van der Waals surface area contributed by atoms with Crippen molar-refractivity contribution in [3.63, 3.8) is 0 Å². The molecule has 0 fully saturated rings. The number of halogens is 2. The van der Waals surface area contributed by atoms with E-state index in [1.807, 2.05) is 0 Å². The first-order valence-electron chi connectivity index (χ1n) is 10.8. The van der Waals surface area contributed by atoms with Crippen LogP contribution in [0.2, 0.25) is 10.0 Å². The van der Waals surface area contributed by atoms with Crippen molar-refractivity contribution in [2.45, 2.75) is 0 Å². The molecule has 204 valence electrons. The Balaban J connectivity index is 2.07. The summed E-state index contributed by atoms with van der Waals surface area (Å²) in [5.74, 6) is -4.11. The first-order chi connectivity index (χ1) is 18.7. The molecule has 5 aromatic rings. The summed E-state index contributed by atoms with van der Waals surface area (Å²) in [7, 11) is -4.84. The fourth-order valence-corrected chi connectivity index (χ4v) is 5.51. The lowest BCUT2D eigenvalue weighted by Crippen LogP contribution is -2.28. The average Bonchev–Trinajstić information content (AvgIpc) is 2.86. The predicted molar refractivity (Wildman–Crippen MR) is 148 cm³/mol. The molecule has 0 radical (unpaired) electrons. The van der Waals surface area contributed by atoms with Gasteiger partial charge >= 0.3 is 11.0 Å². The summed E-state index contributed by atoms with van der Waals surface area (Å²) in [5, 5.41) is -2.49. The zero-order valence-electron chi connectivity index (χ0n) is 19.5. The maximum atomic E-state index is 13.5. The van der Waals surface area contributed by atoms with E-state index < -0.39 is 54.7 Å². The Morgan fingerprint density at radius 2 is 1.18 bits per heavy atom. The number of rotatable bonds is 2. The van der Waals surface area contributed by atoms with Crippen molar-refractivity contribution in [1.29, 1.82) is 0 Å². The van der Waals surface area contributed by atoms with E-state index >= 15 is 0 Å². The molecule has 12 nitrogen and oxygen atoms in total. The van der Waals surface area contributed by atoms with Crippen molar-refractivity contribution >= 4 is 105 Å². The van der Waals surface area contributed by atoms with Gasteiger partial charge < -0.3 is 0 Å². The van der Waals surface area contributed by atoms with Gasteiger partial charge in [0, 0.05) is 31.6 Å². The fraction of sp³-hybridized carbons (Fsp3) is 0.0417. The van der Waals surface area contributed by atoms with Crippen molar-refractivity contribution in [1.82, 2.24) is 9.13 Å². The minimum Gasteiger partial charge on any atom is -0.300 e. The fourth-order valence-electron chi connectivity index (χ4n) is 4.50. The molecule has 40 heavy (non-hydrogen) atoms. The molecule has 0 aliphatic carbocycles. The van der Waals surface area contributed by atoms with Gasteiger partial charge in [0.1, 0.15) is 0 Å². The molecule has 1 unspecified atom stereocenters. The van der Waals surface area contributed by atoms with Crippen LogP contribution in [0.25, 0.3) is 43.6 Å². The number of nitrogens with zero attached hydrogens (tertiary/aromatic N) is 2. The van der Waals surface area contributed by atoms with Crippen molar-refractivity contribution < 1.29 is 36.1 Å². The number of hydrogen-bond donors (Lipinski definition) is 2. The maximum Gasteiger partial charge on any atom is 0.334 e. The van der Waals surface area contributed by atoms with Crippen molar-refractivity contribution in [2.24, 2.45) is 0 Å². The SMILES string of the molecule is O=C(CS(=O)(=O)O)n1c2cc(Cl)ccc2c(=O)c2cc3c(cc21)c(=O)c1ccc(Cl)cc1n3C(=O)C(=O)S(=O)O. The van der Waals surface area contributed by atoms with E-state index in [2.05, 4.69) is 0 Å². The minimum absolute atomic E-state index is 0.0483. The second-order valence-corrected chi connectivity index (χ2v) is 11.7. The van der Waals surface area contributed by atoms with Crippen LogP contribution in [-0.2, 0) is 26.0 Å². The number of carbonyl (C=O) groups excluding carboxylic acids is 3. The van der Waals surface area contributed by atoms with E-state index in [4.69, 9.17) is 23.2 Å². The predicted octanol–water partition coefficient (Wildman–Crippen LogP) is 2.85. The van der Waals surface area contributed by atoms with Gasteiger partial charge in [-0.2, -0.15) is 8.42 Å². The Bertz CT molecular complexity index is 2270. The molecule has 1 atom stereocenters. The molecule has 0 saturated carbocycles. The summed E-state index contributed by atoms with van der Waals surface area (Å²) in [4.78, 5) is 65.6.